The third-order valence-corrected chi connectivity index (χ3v) is 9.98. The Balaban J connectivity index is 1.38. The van der Waals surface area contributed by atoms with Crippen LogP contribution in [0.25, 0.3) is 0 Å². The van der Waals surface area contributed by atoms with Gasteiger partial charge in [0.05, 0.1) is 17.1 Å². The molecule has 3 aliphatic carbocycles. The number of aliphatic hydroxyl groups is 1. The Hall–Kier alpha value is -2.05. The number of carbonyl (C=O) groups excluding carboxylic acids is 1. The number of carbonyl (C=O) groups is 1. The molecule has 34 heavy (non-hydrogen) atoms. The van der Waals surface area contributed by atoms with Crippen molar-refractivity contribution in [1.29, 1.82) is 0 Å². The number of likely N-dealkylation sites (tertiary alicyclic amines) is 1. The maximum Gasteiger partial charge on any atom is 0.222 e. The van der Waals surface area contributed by atoms with Crippen LogP contribution in [0.4, 0.5) is 0 Å². The number of piperidine rings is 1. The van der Waals surface area contributed by atoms with E-state index < -0.39 is 11.0 Å². The molecule has 2 bridgehead atoms. The SMILES string of the molecule is C=CCN1CC[C@]23c4c5ccc(O)c4O[C@H]2[C@H](N(C)C(=O)CC2CCCCC2)CCC3(O)[C@H]1C5. The fourth-order valence-electron chi connectivity index (χ4n) is 8.35. The molecule has 1 amide bonds. The van der Waals surface area contributed by atoms with Gasteiger partial charge in [-0.25, -0.2) is 0 Å². The van der Waals surface area contributed by atoms with Crippen molar-refractivity contribution in [2.75, 3.05) is 20.1 Å². The second-order valence-corrected chi connectivity index (χ2v) is 11.5. The fraction of sp³-hybridized carbons (Fsp3) is 0.679. The number of phenolic OH excluding ortho intramolecular Hbond substituents is 1. The zero-order chi connectivity index (χ0) is 23.7. The summed E-state index contributed by atoms with van der Waals surface area (Å²) in [5, 5.41) is 23.2. The van der Waals surface area contributed by atoms with Crippen molar-refractivity contribution in [2.24, 2.45) is 5.92 Å². The van der Waals surface area contributed by atoms with E-state index >= 15 is 0 Å². The van der Waals surface area contributed by atoms with Crippen LogP contribution >= 0.6 is 0 Å². The first kappa shape index (κ1) is 22.4. The molecular formula is C28H38N2O4. The molecule has 0 radical (unpaired) electrons. The van der Waals surface area contributed by atoms with Crippen molar-refractivity contribution < 1.29 is 19.7 Å². The molecule has 184 valence electrons. The predicted molar refractivity (Wildman–Crippen MR) is 130 cm³/mol. The Bertz CT molecular complexity index is 1000. The Kier molecular flexibility index (Phi) is 5.27. The van der Waals surface area contributed by atoms with E-state index in [1.807, 2.05) is 24.1 Å². The molecule has 2 heterocycles. The van der Waals surface area contributed by atoms with Gasteiger partial charge in [0, 0.05) is 31.6 Å². The van der Waals surface area contributed by atoms with Gasteiger partial charge < -0.3 is 19.8 Å². The standard InChI is InChI=1S/C28H38N2O4/c1-3-14-30-15-13-27-24-19-9-10-21(31)25(24)34-26(27)20(11-12-28(27,33)22(30)17-19)29(2)23(32)16-18-7-5-4-6-8-18/h3,9-10,18,20,22,26,31,33H,1,4-8,11-17H2,2H3/t20-,22-,26+,27+,28?/m1/s1. The normalized spacial score (nSPS) is 36.5. The van der Waals surface area contributed by atoms with Crippen molar-refractivity contribution >= 4 is 5.91 Å². The lowest BCUT2D eigenvalue weighted by Gasteiger charge is -2.64. The molecule has 1 unspecified atom stereocenters. The summed E-state index contributed by atoms with van der Waals surface area (Å²) >= 11 is 0. The molecule has 2 saturated carbocycles. The molecule has 1 aromatic carbocycles. The Morgan fingerprint density at radius 1 is 1.26 bits per heavy atom. The summed E-state index contributed by atoms with van der Waals surface area (Å²) in [7, 11) is 1.93. The first-order valence-corrected chi connectivity index (χ1v) is 13.3. The second kappa shape index (κ2) is 7.99. The summed E-state index contributed by atoms with van der Waals surface area (Å²) < 4.78 is 6.60. The van der Waals surface area contributed by atoms with E-state index in [1.54, 1.807) is 6.07 Å². The molecule has 2 aliphatic heterocycles. The summed E-state index contributed by atoms with van der Waals surface area (Å²) in [6.07, 6.45) is 11.1. The third kappa shape index (κ3) is 2.91. The number of likely N-dealkylation sites (N-methyl/N-ethyl adjacent to an activating group) is 1. The number of hydrogen-bond donors (Lipinski definition) is 2. The number of hydrogen-bond acceptors (Lipinski definition) is 5. The van der Waals surface area contributed by atoms with Gasteiger partial charge in [-0.3, -0.25) is 9.69 Å². The minimum atomic E-state index is -0.950. The van der Waals surface area contributed by atoms with E-state index in [2.05, 4.69) is 11.5 Å². The molecule has 5 aliphatic rings. The molecule has 6 heteroatoms. The molecule has 0 aromatic heterocycles. The lowest BCUT2D eigenvalue weighted by molar-refractivity contribution is -0.198. The highest BCUT2D eigenvalue weighted by Crippen LogP contribution is 2.65. The van der Waals surface area contributed by atoms with Crippen LogP contribution in [-0.4, -0.2) is 69.8 Å². The van der Waals surface area contributed by atoms with Crippen molar-refractivity contribution in [3.05, 3.63) is 35.9 Å². The number of ether oxygens (including phenoxy) is 1. The van der Waals surface area contributed by atoms with Crippen LogP contribution < -0.4 is 4.74 Å². The number of aromatic hydroxyl groups is 1. The first-order chi connectivity index (χ1) is 16.4. The average molecular weight is 467 g/mol. The fourth-order valence-corrected chi connectivity index (χ4v) is 8.35. The highest BCUT2D eigenvalue weighted by molar-refractivity contribution is 5.77. The number of phenols is 1. The van der Waals surface area contributed by atoms with Crippen LogP contribution in [0.1, 0.15) is 68.9 Å². The lowest BCUT2D eigenvalue weighted by atomic mass is 9.48. The molecule has 2 N–H and O–H groups in total. The highest BCUT2D eigenvalue weighted by Gasteiger charge is 2.73. The van der Waals surface area contributed by atoms with E-state index in [4.69, 9.17) is 4.74 Å². The van der Waals surface area contributed by atoms with Gasteiger partial charge in [0.25, 0.3) is 0 Å². The molecule has 3 fully saturated rings. The van der Waals surface area contributed by atoms with Crippen molar-refractivity contribution in [3.63, 3.8) is 0 Å². The van der Waals surface area contributed by atoms with Crippen LogP contribution in [-0.2, 0) is 16.6 Å². The van der Waals surface area contributed by atoms with Gasteiger partial charge >= 0.3 is 0 Å². The number of amides is 1. The van der Waals surface area contributed by atoms with E-state index in [0.717, 1.165) is 49.9 Å². The van der Waals surface area contributed by atoms with Crippen molar-refractivity contribution in [1.82, 2.24) is 9.80 Å². The summed E-state index contributed by atoms with van der Waals surface area (Å²) in [6.45, 7) is 5.54. The summed E-state index contributed by atoms with van der Waals surface area (Å²) in [6, 6.07) is 3.61. The number of rotatable bonds is 5. The number of nitrogens with zero attached hydrogens (tertiary/aromatic N) is 2. The van der Waals surface area contributed by atoms with Crippen molar-refractivity contribution in [3.8, 4) is 11.5 Å². The quantitative estimate of drug-likeness (QED) is 0.650. The lowest BCUT2D eigenvalue weighted by Crippen LogP contribution is -2.78. The van der Waals surface area contributed by atoms with Crippen LogP contribution in [0.15, 0.2) is 24.8 Å². The van der Waals surface area contributed by atoms with Gasteiger partial charge in [0.2, 0.25) is 5.91 Å². The van der Waals surface area contributed by atoms with Gasteiger partial charge in [0.1, 0.15) is 6.10 Å². The monoisotopic (exact) mass is 466 g/mol. The molecule has 6 nitrogen and oxygen atoms in total. The van der Waals surface area contributed by atoms with Gasteiger partial charge in [0.15, 0.2) is 11.5 Å². The topological polar surface area (TPSA) is 73.2 Å². The molecular weight excluding hydrogens is 428 g/mol. The Labute approximate surface area is 202 Å². The zero-order valence-corrected chi connectivity index (χ0v) is 20.3. The van der Waals surface area contributed by atoms with E-state index in [0.29, 0.717) is 30.9 Å². The maximum absolute atomic E-state index is 13.4. The molecule has 1 spiro atoms. The van der Waals surface area contributed by atoms with Crippen LogP contribution in [0.5, 0.6) is 11.5 Å². The molecule has 6 rings (SSSR count). The van der Waals surface area contributed by atoms with Crippen LogP contribution in [0.3, 0.4) is 0 Å². The summed E-state index contributed by atoms with van der Waals surface area (Å²) in [5.74, 6) is 1.36. The van der Waals surface area contributed by atoms with Crippen LogP contribution in [0, 0.1) is 5.92 Å². The maximum atomic E-state index is 13.4. The zero-order valence-electron chi connectivity index (χ0n) is 20.3. The summed E-state index contributed by atoms with van der Waals surface area (Å²) in [4.78, 5) is 17.7. The number of benzene rings is 1. The van der Waals surface area contributed by atoms with E-state index in [1.165, 1.54) is 19.3 Å². The Morgan fingerprint density at radius 3 is 2.82 bits per heavy atom. The molecule has 5 atom stereocenters. The largest absolute Gasteiger partial charge is 0.504 e. The van der Waals surface area contributed by atoms with Gasteiger partial charge in [-0.15, -0.1) is 6.58 Å². The highest BCUT2D eigenvalue weighted by atomic mass is 16.5. The van der Waals surface area contributed by atoms with E-state index in [-0.39, 0.29) is 29.8 Å². The Morgan fingerprint density at radius 2 is 2.06 bits per heavy atom. The van der Waals surface area contributed by atoms with Gasteiger partial charge in [-0.2, -0.15) is 0 Å². The minimum Gasteiger partial charge on any atom is -0.504 e. The second-order valence-electron chi connectivity index (χ2n) is 11.5. The van der Waals surface area contributed by atoms with Crippen LogP contribution in [0.2, 0.25) is 0 Å². The molecule has 1 saturated heterocycles. The first-order valence-electron chi connectivity index (χ1n) is 13.3. The van der Waals surface area contributed by atoms with Crippen molar-refractivity contribution in [2.45, 2.75) is 93.4 Å². The molecule has 1 aromatic rings. The van der Waals surface area contributed by atoms with E-state index in [9.17, 15) is 15.0 Å². The minimum absolute atomic E-state index is 0.0162. The van der Waals surface area contributed by atoms with Gasteiger partial charge in [-0.1, -0.05) is 31.4 Å². The average Bonchev–Trinajstić information content (AvgIpc) is 3.18. The predicted octanol–water partition coefficient (Wildman–Crippen LogP) is 3.53. The summed E-state index contributed by atoms with van der Waals surface area (Å²) in [5.41, 5.74) is 0.622. The smallest absolute Gasteiger partial charge is 0.222 e. The van der Waals surface area contributed by atoms with Gasteiger partial charge in [-0.05, 0) is 62.6 Å². The third-order valence-electron chi connectivity index (χ3n) is 9.98.